The van der Waals surface area contributed by atoms with E-state index in [4.69, 9.17) is 15.8 Å². The van der Waals surface area contributed by atoms with Crippen LogP contribution in [0.3, 0.4) is 0 Å². The summed E-state index contributed by atoms with van der Waals surface area (Å²) in [7, 11) is 0. The van der Waals surface area contributed by atoms with Crippen LogP contribution in [0.25, 0.3) is 0 Å². The molecule has 4 heteroatoms. The van der Waals surface area contributed by atoms with Gasteiger partial charge in [0.05, 0.1) is 36.7 Å². The largest absolute Gasteiger partial charge is 0.277 e. The van der Waals surface area contributed by atoms with E-state index >= 15 is 0 Å². The van der Waals surface area contributed by atoms with Crippen molar-refractivity contribution in [2.45, 2.75) is 20.3 Å². The molecule has 0 aliphatic rings. The van der Waals surface area contributed by atoms with Crippen LogP contribution in [0.15, 0.2) is 0 Å². The highest BCUT2D eigenvalue weighted by Gasteiger charge is 2.17. The van der Waals surface area contributed by atoms with Crippen LogP contribution >= 0.6 is 0 Å². The standard InChI is InChI=1S/C10H14N4/c1-10(2,9-13)3-6-14(7-4-11)8-5-12/h3,6-8H2,1-2H3. The molecule has 0 N–H and O–H groups in total. The van der Waals surface area contributed by atoms with E-state index in [1.807, 2.05) is 26.0 Å². The molecule has 0 aromatic heterocycles. The summed E-state index contributed by atoms with van der Waals surface area (Å²) in [4.78, 5) is 1.74. The molecule has 14 heavy (non-hydrogen) atoms. The highest BCUT2D eigenvalue weighted by Crippen LogP contribution is 2.18. The van der Waals surface area contributed by atoms with Crippen molar-refractivity contribution >= 4 is 0 Å². The SMILES string of the molecule is CC(C)(C#N)CCN(CC#N)CC#N. The highest BCUT2D eigenvalue weighted by molar-refractivity contribution is 4.93. The van der Waals surface area contributed by atoms with Crippen LogP contribution in [0, 0.1) is 39.4 Å². The van der Waals surface area contributed by atoms with Crippen LogP contribution in [0.4, 0.5) is 0 Å². The monoisotopic (exact) mass is 190 g/mol. The first-order valence-corrected chi connectivity index (χ1v) is 4.43. The van der Waals surface area contributed by atoms with Gasteiger partial charge in [-0.2, -0.15) is 15.8 Å². The lowest BCUT2D eigenvalue weighted by atomic mass is 9.91. The summed E-state index contributed by atoms with van der Waals surface area (Å²) in [5.74, 6) is 0. The fraction of sp³-hybridized carbons (Fsp3) is 0.700. The molecule has 0 spiro atoms. The van der Waals surface area contributed by atoms with Crippen molar-refractivity contribution < 1.29 is 0 Å². The molecule has 0 bridgehead atoms. The number of hydrogen-bond acceptors (Lipinski definition) is 4. The van der Waals surface area contributed by atoms with Gasteiger partial charge in [0.2, 0.25) is 0 Å². The minimum atomic E-state index is -0.386. The van der Waals surface area contributed by atoms with E-state index in [0.717, 1.165) is 0 Å². The zero-order chi connectivity index (χ0) is 11.0. The Balaban J connectivity index is 4.03. The number of nitrogens with zero attached hydrogens (tertiary/aromatic N) is 4. The zero-order valence-corrected chi connectivity index (χ0v) is 8.62. The van der Waals surface area contributed by atoms with Gasteiger partial charge in [0.25, 0.3) is 0 Å². The van der Waals surface area contributed by atoms with Gasteiger partial charge in [-0.15, -0.1) is 0 Å². The second kappa shape index (κ2) is 5.97. The molecule has 0 aromatic rings. The van der Waals surface area contributed by atoms with Gasteiger partial charge < -0.3 is 0 Å². The van der Waals surface area contributed by atoms with Gasteiger partial charge in [0.1, 0.15) is 0 Å². The Morgan fingerprint density at radius 1 is 1.07 bits per heavy atom. The van der Waals surface area contributed by atoms with Gasteiger partial charge >= 0.3 is 0 Å². The lowest BCUT2D eigenvalue weighted by molar-refractivity contribution is 0.291. The summed E-state index contributed by atoms with van der Waals surface area (Å²) in [5.41, 5.74) is -0.386. The van der Waals surface area contributed by atoms with Crippen molar-refractivity contribution in [1.82, 2.24) is 4.90 Å². The van der Waals surface area contributed by atoms with Gasteiger partial charge in [0, 0.05) is 6.54 Å². The van der Waals surface area contributed by atoms with Crippen LogP contribution in [-0.2, 0) is 0 Å². The number of hydrogen-bond donors (Lipinski definition) is 0. The predicted octanol–water partition coefficient (Wildman–Crippen LogP) is 1.28. The van der Waals surface area contributed by atoms with Gasteiger partial charge in [0.15, 0.2) is 0 Å². The van der Waals surface area contributed by atoms with Crippen molar-refractivity contribution in [3.63, 3.8) is 0 Å². The molecule has 0 amide bonds. The van der Waals surface area contributed by atoms with Crippen LogP contribution < -0.4 is 0 Å². The van der Waals surface area contributed by atoms with Crippen molar-refractivity contribution in [2.24, 2.45) is 5.41 Å². The third-order valence-corrected chi connectivity index (χ3v) is 1.94. The molecule has 0 saturated heterocycles. The molecule has 0 aromatic carbocycles. The highest BCUT2D eigenvalue weighted by atomic mass is 15.1. The second-order valence-electron chi connectivity index (χ2n) is 3.77. The normalized spacial score (nSPS) is 10.3. The topological polar surface area (TPSA) is 74.6 Å². The van der Waals surface area contributed by atoms with E-state index in [1.165, 1.54) is 0 Å². The lowest BCUT2D eigenvalue weighted by Gasteiger charge is -2.20. The molecule has 0 aliphatic heterocycles. The molecule has 0 unspecified atom stereocenters. The Morgan fingerprint density at radius 3 is 1.93 bits per heavy atom. The minimum absolute atomic E-state index is 0.245. The zero-order valence-electron chi connectivity index (χ0n) is 8.62. The molecule has 0 saturated carbocycles. The van der Waals surface area contributed by atoms with E-state index in [2.05, 4.69) is 6.07 Å². The summed E-state index contributed by atoms with van der Waals surface area (Å²) in [6.45, 7) is 4.81. The maximum Gasteiger partial charge on any atom is 0.0874 e. The first-order chi connectivity index (χ1) is 6.55. The molecular formula is C10H14N4. The molecule has 74 valence electrons. The van der Waals surface area contributed by atoms with E-state index in [9.17, 15) is 0 Å². The van der Waals surface area contributed by atoms with Gasteiger partial charge in [-0.1, -0.05) is 0 Å². The summed E-state index contributed by atoms with van der Waals surface area (Å²) in [5, 5.41) is 25.7. The quantitative estimate of drug-likeness (QED) is 0.612. The molecule has 0 fully saturated rings. The van der Waals surface area contributed by atoms with Gasteiger partial charge in [-0.25, -0.2) is 0 Å². The van der Waals surface area contributed by atoms with Gasteiger partial charge in [-0.05, 0) is 20.3 Å². The average molecular weight is 190 g/mol. The summed E-state index contributed by atoms with van der Waals surface area (Å²) in [6.07, 6.45) is 0.673. The molecule has 0 heterocycles. The predicted molar refractivity (Wildman–Crippen MR) is 51.7 cm³/mol. The maximum absolute atomic E-state index is 8.77. The minimum Gasteiger partial charge on any atom is -0.277 e. The average Bonchev–Trinajstić information content (AvgIpc) is 2.15. The summed E-state index contributed by atoms with van der Waals surface area (Å²) >= 11 is 0. The number of rotatable bonds is 5. The summed E-state index contributed by atoms with van der Waals surface area (Å²) < 4.78 is 0. The maximum atomic E-state index is 8.77. The molecule has 0 rings (SSSR count). The molecule has 4 nitrogen and oxygen atoms in total. The van der Waals surface area contributed by atoms with Crippen molar-refractivity contribution in [3.8, 4) is 18.2 Å². The summed E-state index contributed by atoms with van der Waals surface area (Å²) in [6, 6.07) is 6.19. The Kier molecular flexibility index (Phi) is 5.30. The van der Waals surface area contributed by atoms with E-state index in [1.54, 1.807) is 4.90 Å². The molecule has 0 atom stereocenters. The van der Waals surface area contributed by atoms with Crippen molar-refractivity contribution in [1.29, 1.82) is 15.8 Å². The first kappa shape index (κ1) is 12.4. The second-order valence-corrected chi connectivity index (χ2v) is 3.77. The fourth-order valence-electron chi connectivity index (χ4n) is 0.908. The Hall–Kier alpha value is -1.57. The van der Waals surface area contributed by atoms with Crippen LogP contribution in [0.2, 0.25) is 0 Å². The fourth-order valence-corrected chi connectivity index (χ4v) is 0.908. The van der Waals surface area contributed by atoms with E-state index < -0.39 is 0 Å². The third-order valence-electron chi connectivity index (χ3n) is 1.94. The van der Waals surface area contributed by atoms with Crippen LogP contribution in [0.1, 0.15) is 20.3 Å². The molecule has 0 aliphatic carbocycles. The molecular weight excluding hydrogens is 176 g/mol. The van der Waals surface area contributed by atoms with E-state index in [-0.39, 0.29) is 18.5 Å². The van der Waals surface area contributed by atoms with Crippen molar-refractivity contribution in [3.05, 3.63) is 0 Å². The Labute approximate surface area is 85.0 Å². The smallest absolute Gasteiger partial charge is 0.0874 e. The van der Waals surface area contributed by atoms with Gasteiger partial charge in [-0.3, -0.25) is 4.90 Å². The molecule has 0 radical (unpaired) electrons. The number of nitriles is 3. The van der Waals surface area contributed by atoms with Crippen LogP contribution in [-0.4, -0.2) is 24.5 Å². The van der Waals surface area contributed by atoms with Crippen molar-refractivity contribution in [2.75, 3.05) is 19.6 Å². The first-order valence-electron chi connectivity index (χ1n) is 4.43. The Bertz CT molecular complexity index is 271. The van der Waals surface area contributed by atoms with Crippen LogP contribution in [0.5, 0.6) is 0 Å². The lowest BCUT2D eigenvalue weighted by Crippen LogP contribution is -2.28. The van der Waals surface area contributed by atoms with E-state index in [0.29, 0.717) is 13.0 Å². The third kappa shape index (κ3) is 5.14. The Morgan fingerprint density at radius 2 is 1.57 bits per heavy atom.